The lowest BCUT2D eigenvalue weighted by molar-refractivity contribution is -0.121. The Morgan fingerprint density at radius 3 is 2.48 bits per heavy atom. The van der Waals surface area contributed by atoms with Gasteiger partial charge in [0.25, 0.3) is 0 Å². The number of Topliss-reactive ketones (excluding diaryl/α,β-unsaturated/α-hetero) is 1. The first-order chi connectivity index (χ1) is 13.1. The molecule has 0 aliphatic carbocycles. The van der Waals surface area contributed by atoms with E-state index >= 15 is 0 Å². The monoisotopic (exact) mass is 378 g/mol. The van der Waals surface area contributed by atoms with Gasteiger partial charge in [-0.1, -0.05) is 60.2 Å². The van der Waals surface area contributed by atoms with Gasteiger partial charge >= 0.3 is 0 Å². The number of amides is 1. The van der Waals surface area contributed by atoms with Crippen molar-refractivity contribution < 1.29 is 9.59 Å². The summed E-state index contributed by atoms with van der Waals surface area (Å²) in [7, 11) is 0. The lowest BCUT2D eigenvalue weighted by Gasteiger charge is -2.04. The Hall–Kier alpha value is -2.79. The highest BCUT2D eigenvalue weighted by atomic mass is 32.1. The third-order valence-electron chi connectivity index (χ3n) is 4.22. The van der Waals surface area contributed by atoms with Crippen molar-refractivity contribution in [1.29, 1.82) is 0 Å². The van der Waals surface area contributed by atoms with Crippen LogP contribution in [0.3, 0.4) is 0 Å². The summed E-state index contributed by atoms with van der Waals surface area (Å²) in [6, 6.07) is 17.6. The molecule has 0 aliphatic heterocycles. The first-order valence-electron chi connectivity index (χ1n) is 8.94. The molecule has 1 N–H and O–H groups in total. The maximum absolute atomic E-state index is 12.1. The van der Waals surface area contributed by atoms with Crippen LogP contribution in [0, 0.1) is 6.92 Å². The molecule has 4 nitrogen and oxygen atoms in total. The SMILES string of the molecule is Cc1ccc(C(=O)CCC(=O)NCc2csc(Cc3ccccc3)n2)cc1. The summed E-state index contributed by atoms with van der Waals surface area (Å²) in [4.78, 5) is 28.7. The smallest absolute Gasteiger partial charge is 0.220 e. The lowest BCUT2D eigenvalue weighted by atomic mass is 10.1. The van der Waals surface area contributed by atoms with Gasteiger partial charge in [0.1, 0.15) is 0 Å². The first-order valence-corrected chi connectivity index (χ1v) is 9.82. The van der Waals surface area contributed by atoms with Crippen molar-refractivity contribution in [3.63, 3.8) is 0 Å². The summed E-state index contributed by atoms with van der Waals surface area (Å²) < 4.78 is 0. The molecule has 0 spiro atoms. The minimum absolute atomic E-state index is 0.0102. The molecule has 0 radical (unpaired) electrons. The minimum atomic E-state index is -0.131. The molecule has 0 atom stereocenters. The van der Waals surface area contributed by atoms with Crippen molar-refractivity contribution in [2.24, 2.45) is 0 Å². The van der Waals surface area contributed by atoms with Crippen molar-refractivity contribution in [3.05, 3.63) is 87.4 Å². The number of aromatic nitrogens is 1. The van der Waals surface area contributed by atoms with Gasteiger partial charge in [-0.3, -0.25) is 9.59 Å². The highest BCUT2D eigenvalue weighted by Crippen LogP contribution is 2.15. The number of nitrogens with one attached hydrogen (secondary N) is 1. The number of aryl methyl sites for hydroxylation is 1. The molecule has 0 unspecified atom stereocenters. The molecule has 0 aliphatic rings. The summed E-state index contributed by atoms with van der Waals surface area (Å²) in [5.74, 6) is -0.142. The zero-order valence-corrected chi connectivity index (χ0v) is 16.1. The van der Waals surface area contributed by atoms with E-state index in [0.29, 0.717) is 12.1 Å². The van der Waals surface area contributed by atoms with Crippen LogP contribution in [0.4, 0.5) is 0 Å². The van der Waals surface area contributed by atoms with Crippen LogP contribution < -0.4 is 5.32 Å². The molecule has 3 rings (SSSR count). The first kappa shape index (κ1) is 19.0. The number of benzene rings is 2. The van der Waals surface area contributed by atoms with Crippen LogP contribution in [0.5, 0.6) is 0 Å². The highest BCUT2D eigenvalue weighted by molar-refractivity contribution is 7.09. The number of rotatable bonds is 8. The van der Waals surface area contributed by atoms with Gasteiger partial charge in [0, 0.05) is 30.2 Å². The zero-order chi connectivity index (χ0) is 19.1. The topological polar surface area (TPSA) is 59.1 Å². The minimum Gasteiger partial charge on any atom is -0.350 e. The van der Waals surface area contributed by atoms with Gasteiger partial charge < -0.3 is 5.32 Å². The number of carbonyl (C=O) groups excluding carboxylic acids is 2. The van der Waals surface area contributed by atoms with Crippen molar-refractivity contribution >= 4 is 23.0 Å². The Labute approximate surface area is 163 Å². The number of hydrogen-bond donors (Lipinski definition) is 1. The Kier molecular flexibility index (Phi) is 6.49. The predicted octanol–water partition coefficient (Wildman–Crippen LogP) is 4.32. The van der Waals surface area contributed by atoms with E-state index in [4.69, 9.17) is 0 Å². The standard InChI is InChI=1S/C22H22N2O2S/c1-16-7-9-18(10-8-16)20(25)11-12-21(26)23-14-19-15-27-22(24-19)13-17-5-3-2-4-6-17/h2-10,15H,11-14H2,1H3,(H,23,26). The quantitative estimate of drug-likeness (QED) is 0.594. The molecule has 5 heteroatoms. The van der Waals surface area contributed by atoms with Gasteiger partial charge in [-0.25, -0.2) is 4.98 Å². The number of ketones is 1. The van der Waals surface area contributed by atoms with Crippen molar-refractivity contribution in [2.75, 3.05) is 0 Å². The molecular weight excluding hydrogens is 356 g/mol. The summed E-state index contributed by atoms with van der Waals surface area (Å²) in [6.07, 6.45) is 1.20. The fourth-order valence-corrected chi connectivity index (χ4v) is 3.50. The number of hydrogen-bond acceptors (Lipinski definition) is 4. The van der Waals surface area contributed by atoms with Gasteiger partial charge in [-0.05, 0) is 12.5 Å². The molecule has 1 aromatic heterocycles. The van der Waals surface area contributed by atoms with Crippen LogP contribution in [0.25, 0.3) is 0 Å². The third kappa shape index (κ3) is 5.86. The van der Waals surface area contributed by atoms with E-state index in [1.165, 1.54) is 5.56 Å². The normalized spacial score (nSPS) is 10.6. The Morgan fingerprint density at radius 2 is 1.74 bits per heavy atom. The number of nitrogens with zero attached hydrogens (tertiary/aromatic N) is 1. The van der Waals surface area contributed by atoms with Gasteiger partial charge in [0.15, 0.2) is 5.78 Å². The average molecular weight is 378 g/mol. The van der Waals surface area contributed by atoms with Crippen LogP contribution >= 0.6 is 11.3 Å². The second-order valence-corrected chi connectivity index (χ2v) is 7.40. The van der Waals surface area contributed by atoms with Crippen LogP contribution in [0.2, 0.25) is 0 Å². The average Bonchev–Trinajstić information content (AvgIpc) is 3.13. The van der Waals surface area contributed by atoms with Gasteiger partial charge in [0.05, 0.1) is 17.2 Å². The molecule has 0 saturated heterocycles. The summed E-state index contributed by atoms with van der Waals surface area (Å²) in [6.45, 7) is 2.37. The predicted molar refractivity (Wildman–Crippen MR) is 108 cm³/mol. The Morgan fingerprint density at radius 1 is 1.00 bits per heavy atom. The van der Waals surface area contributed by atoms with E-state index in [0.717, 1.165) is 22.7 Å². The van der Waals surface area contributed by atoms with E-state index < -0.39 is 0 Å². The fourth-order valence-electron chi connectivity index (χ4n) is 2.67. The van der Waals surface area contributed by atoms with Crippen molar-refractivity contribution in [2.45, 2.75) is 32.7 Å². The van der Waals surface area contributed by atoms with Gasteiger partial charge in [0.2, 0.25) is 5.91 Å². The molecular formula is C22H22N2O2S. The van der Waals surface area contributed by atoms with Gasteiger partial charge in [-0.2, -0.15) is 0 Å². The Balaban J connectivity index is 1.42. The number of carbonyl (C=O) groups is 2. The van der Waals surface area contributed by atoms with Crippen LogP contribution in [-0.4, -0.2) is 16.7 Å². The molecule has 27 heavy (non-hydrogen) atoms. The number of thiazole rings is 1. The van der Waals surface area contributed by atoms with E-state index in [9.17, 15) is 9.59 Å². The van der Waals surface area contributed by atoms with E-state index in [1.807, 2.05) is 42.6 Å². The maximum Gasteiger partial charge on any atom is 0.220 e. The second-order valence-electron chi connectivity index (χ2n) is 6.46. The van der Waals surface area contributed by atoms with Crippen LogP contribution in [0.1, 0.15) is 45.0 Å². The van der Waals surface area contributed by atoms with Crippen molar-refractivity contribution in [1.82, 2.24) is 10.3 Å². The third-order valence-corrected chi connectivity index (χ3v) is 5.11. The lowest BCUT2D eigenvalue weighted by Crippen LogP contribution is -2.23. The molecule has 1 heterocycles. The summed E-state index contributed by atoms with van der Waals surface area (Å²) >= 11 is 1.60. The van der Waals surface area contributed by atoms with Crippen LogP contribution in [0.15, 0.2) is 60.0 Å². The molecule has 0 saturated carbocycles. The molecule has 2 aromatic carbocycles. The van der Waals surface area contributed by atoms with E-state index in [1.54, 1.807) is 23.5 Å². The summed E-state index contributed by atoms with van der Waals surface area (Å²) in [5.41, 5.74) is 3.83. The largest absolute Gasteiger partial charge is 0.350 e. The van der Waals surface area contributed by atoms with Gasteiger partial charge in [-0.15, -0.1) is 11.3 Å². The molecule has 138 valence electrons. The molecule has 0 bridgehead atoms. The highest BCUT2D eigenvalue weighted by Gasteiger charge is 2.10. The van der Waals surface area contributed by atoms with E-state index in [-0.39, 0.29) is 24.5 Å². The van der Waals surface area contributed by atoms with Crippen LogP contribution in [-0.2, 0) is 17.8 Å². The fraction of sp³-hybridized carbons (Fsp3) is 0.227. The second kappa shape index (κ2) is 9.24. The summed E-state index contributed by atoms with van der Waals surface area (Å²) in [5, 5.41) is 5.84. The Bertz CT molecular complexity index is 902. The van der Waals surface area contributed by atoms with Crippen molar-refractivity contribution in [3.8, 4) is 0 Å². The molecule has 3 aromatic rings. The molecule has 0 fully saturated rings. The maximum atomic E-state index is 12.1. The zero-order valence-electron chi connectivity index (χ0n) is 15.3. The van der Waals surface area contributed by atoms with E-state index in [2.05, 4.69) is 22.4 Å². The molecule has 1 amide bonds.